The number of carbonyl (C=O) groups excluding carboxylic acids is 1. The van der Waals surface area contributed by atoms with E-state index in [4.69, 9.17) is 4.74 Å². The number of carbonyl (C=O) groups is 1. The monoisotopic (exact) mass is 260 g/mol. The summed E-state index contributed by atoms with van der Waals surface area (Å²) in [7, 11) is 1.65. The summed E-state index contributed by atoms with van der Waals surface area (Å²) >= 11 is 0. The van der Waals surface area contributed by atoms with E-state index in [1.54, 1.807) is 7.11 Å². The number of Topliss-reactive ketones (excluding diaryl/α,β-unsaturated/α-hetero) is 1. The fourth-order valence-electron chi connectivity index (χ4n) is 2.18. The lowest BCUT2D eigenvalue weighted by Gasteiger charge is -2.13. The first-order valence-corrected chi connectivity index (χ1v) is 6.60. The highest BCUT2D eigenvalue weighted by molar-refractivity contribution is 6.09. The Labute approximate surface area is 113 Å². The van der Waals surface area contributed by atoms with Crippen LogP contribution >= 0.6 is 0 Å². The molecule has 0 saturated heterocycles. The number of nitrogens with zero attached hydrogens (tertiary/aromatic N) is 1. The minimum Gasteiger partial charge on any atom is -0.496 e. The smallest absolute Gasteiger partial charge is 0.170 e. The molecule has 1 aromatic carbocycles. The van der Waals surface area contributed by atoms with Crippen molar-refractivity contribution < 1.29 is 9.53 Å². The van der Waals surface area contributed by atoms with Crippen molar-refractivity contribution >= 4 is 11.6 Å². The molecule has 4 nitrogen and oxygen atoms in total. The Balaban J connectivity index is 2.19. The Kier molecular flexibility index (Phi) is 4.20. The van der Waals surface area contributed by atoms with Gasteiger partial charge < -0.3 is 10.1 Å². The molecule has 0 bridgehead atoms. The normalized spacial score (nSPS) is 14.2. The highest BCUT2D eigenvalue weighted by Gasteiger charge is 2.15. The lowest BCUT2D eigenvalue weighted by atomic mass is 9.97. The van der Waals surface area contributed by atoms with Crippen molar-refractivity contribution in [3.05, 3.63) is 29.3 Å². The van der Waals surface area contributed by atoms with E-state index in [9.17, 15) is 4.79 Å². The lowest BCUT2D eigenvalue weighted by molar-refractivity contribution is 0.1000. The van der Waals surface area contributed by atoms with Gasteiger partial charge in [-0.1, -0.05) is 13.8 Å². The zero-order valence-electron chi connectivity index (χ0n) is 11.7. The second kappa shape index (κ2) is 5.87. The fraction of sp³-hybridized carbons (Fsp3) is 0.467. The summed E-state index contributed by atoms with van der Waals surface area (Å²) < 4.78 is 5.33. The maximum atomic E-state index is 12.2. The van der Waals surface area contributed by atoms with Crippen molar-refractivity contribution in [2.45, 2.75) is 26.2 Å². The molecule has 1 N–H and O–H groups in total. The number of ether oxygens (including phenoxy) is 1. The van der Waals surface area contributed by atoms with Crippen LogP contribution in [0.1, 0.15) is 42.1 Å². The number of methoxy groups -OCH3 is 1. The van der Waals surface area contributed by atoms with Crippen LogP contribution in [0.3, 0.4) is 0 Å². The molecule has 1 heterocycles. The first-order chi connectivity index (χ1) is 9.11. The van der Waals surface area contributed by atoms with E-state index in [1.807, 2.05) is 18.2 Å². The number of rotatable bonds is 5. The number of nitrogens with one attached hydrogen (secondary N) is 1. The highest BCUT2D eigenvalue weighted by Crippen LogP contribution is 2.27. The van der Waals surface area contributed by atoms with E-state index in [0.717, 1.165) is 35.8 Å². The molecule has 0 aromatic heterocycles. The Morgan fingerprint density at radius 2 is 2.26 bits per heavy atom. The zero-order valence-corrected chi connectivity index (χ0v) is 11.7. The molecule has 1 aliphatic rings. The van der Waals surface area contributed by atoms with Gasteiger partial charge in [0.25, 0.3) is 0 Å². The van der Waals surface area contributed by atoms with E-state index < -0.39 is 0 Å². The Morgan fingerprint density at radius 3 is 2.84 bits per heavy atom. The quantitative estimate of drug-likeness (QED) is 0.827. The summed E-state index contributed by atoms with van der Waals surface area (Å²) in [6.07, 6.45) is 0.351. The van der Waals surface area contributed by atoms with Crippen LogP contribution in [-0.2, 0) is 0 Å². The first kappa shape index (κ1) is 13.6. The summed E-state index contributed by atoms with van der Waals surface area (Å²) in [4.78, 5) is 16.5. The Hall–Kier alpha value is -1.84. The highest BCUT2D eigenvalue weighted by atomic mass is 16.5. The number of benzene rings is 1. The van der Waals surface area contributed by atoms with E-state index >= 15 is 0 Å². The van der Waals surface area contributed by atoms with Gasteiger partial charge in [0.15, 0.2) is 5.78 Å². The molecule has 1 aromatic rings. The van der Waals surface area contributed by atoms with Gasteiger partial charge in [0.1, 0.15) is 11.6 Å². The third-order valence-electron chi connectivity index (χ3n) is 3.25. The van der Waals surface area contributed by atoms with E-state index in [1.165, 1.54) is 0 Å². The molecule has 2 rings (SSSR count). The average molecular weight is 260 g/mol. The summed E-state index contributed by atoms with van der Waals surface area (Å²) in [6, 6.07) is 5.62. The largest absolute Gasteiger partial charge is 0.496 e. The molecule has 1 aliphatic heterocycles. The van der Waals surface area contributed by atoms with Gasteiger partial charge in [-0.3, -0.25) is 9.79 Å². The molecule has 0 radical (unpaired) electrons. The number of amidine groups is 1. The van der Waals surface area contributed by atoms with Gasteiger partial charge in [0, 0.05) is 12.1 Å². The molecule has 19 heavy (non-hydrogen) atoms. The van der Waals surface area contributed by atoms with Gasteiger partial charge in [-0.25, -0.2) is 0 Å². The van der Waals surface area contributed by atoms with Gasteiger partial charge in [0.05, 0.1) is 20.1 Å². The molecular formula is C15H20N2O2. The lowest BCUT2D eigenvalue weighted by Crippen LogP contribution is -2.21. The minimum atomic E-state index is 0.0951. The van der Waals surface area contributed by atoms with Gasteiger partial charge in [-0.15, -0.1) is 0 Å². The minimum absolute atomic E-state index is 0.0951. The molecule has 0 spiro atoms. The van der Waals surface area contributed by atoms with Crippen LogP contribution in [0.2, 0.25) is 0 Å². The second-order valence-corrected chi connectivity index (χ2v) is 4.97. The first-order valence-electron chi connectivity index (χ1n) is 6.60. The average Bonchev–Trinajstić information content (AvgIpc) is 2.90. The van der Waals surface area contributed by atoms with E-state index in [-0.39, 0.29) is 5.78 Å². The van der Waals surface area contributed by atoms with Crippen LogP contribution in [-0.4, -0.2) is 31.8 Å². The number of hydrogen-bond acceptors (Lipinski definition) is 4. The molecule has 4 heteroatoms. The van der Waals surface area contributed by atoms with Gasteiger partial charge in [0.2, 0.25) is 0 Å². The number of hydrogen-bond donors (Lipinski definition) is 1. The van der Waals surface area contributed by atoms with Crippen molar-refractivity contribution in [2.75, 3.05) is 20.2 Å². The molecular weight excluding hydrogens is 240 g/mol. The maximum absolute atomic E-state index is 12.2. The van der Waals surface area contributed by atoms with Crippen LogP contribution in [0.15, 0.2) is 23.2 Å². The topological polar surface area (TPSA) is 50.7 Å². The molecule has 0 aliphatic carbocycles. The summed E-state index contributed by atoms with van der Waals surface area (Å²) in [5, 5.41) is 3.12. The van der Waals surface area contributed by atoms with Gasteiger partial charge in [-0.2, -0.15) is 0 Å². The molecule has 0 atom stereocenters. The standard InChI is InChI=1S/C15H20N2O2/c1-10(2)12-8-11(4-5-14(12)19-3)13(18)9-15-16-6-7-17-15/h4-5,8,10H,6-7,9H2,1-3H3,(H,16,17). The Morgan fingerprint density at radius 1 is 1.47 bits per heavy atom. The van der Waals surface area contributed by atoms with Gasteiger partial charge >= 0.3 is 0 Å². The summed E-state index contributed by atoms with van der Waals surface area (Å²) in [5.74, 6) is 2.05. The molecule has 0 unspecified atom stereocenters. The predicted molar refractivity (Wildman–Crippen MR) is 76.3 cm³/mol. The summed E-state index contributed by atoms with van der Waals surface area (Å²) in [5.41, 5.74) is 1.79. The van der Waals surface area contributed by atoms with Crippen LogP contribution in [0.5, 0.6) is 5.75 Å². The maximum Gasteiger partial charge on any atom is 0.170 e. The Bertz CT molecular complexity index is 507. The SMILES string of the molecule is COc1ccc(C(=O)CC2=NCCN2)cc1C(C)C. The third kappa shape index (κ3) is 3.13. The molecule has 0 amide bonds. The van der Waals surface area contributed by atoms with Crippen molar-refractivity contribution in [3.8, 4) is 5.75 Å². The van der Waals surface area contributed by atoms with Crippen LogP contribution in [0.4, 0.5) is 0 Å². The molecule has 102 valence electrons. The summed E-state index contributed by atoms with van der Waals surface area (Å²) in [6.45, 7) is 5.79. The molecule has 0 fully saturated rings. The van der Waals surface area contributed by atoms with Crippen molar-refractivity contribution in [1.82, 2.24) is 5.32 Å². The number of aliphatic imine (C=N–C) groups is 1. The fourth-order valence-corrected chi connectivity index (χ4v) is 2.18. The van der Waals surface area contributed by atoms with Crippen LogP contribution in [0, 0.1) is 0 Å². The molecule has 0 saturated carbocycles. The zero-order chi connectivity index (χ0) is 13.8. The van der Waals surface area contributed by atoms with Crippen LogP contribution in [0.25, 0.3) is 0 Å². The van der Waals surface area contributed by atoms with Crippen molar-refractivity contribution in [1.29, 1.82) is 0 Å². The van der Waals surface area contributed by atoms with Crippen LogP contribution < -0.4 is 10.1 Å². The number of ketones is 1. The van der Waals surface area contributed by atoms with Crippen molar-refractivity contribution in [2.24, 2.45) is 4.99 Å². The van der Waals surface area contributed by atoms with Crippen molar-refractivity contribution in [3.63, 3.8) is 0 Å². The van der Waals surface area contributed by atoms with Gasteiger partial charge in [-0.05, 0) is 29.7 Å². The van der Waals surface area contributed by atoms with E-state index in [0.29, 0.717) is 12.3 Å². The third-order valence-corrected chi connectivity index (χ3v) is 3.25. The van der Waals surface area contributed by atoms with E-state index in [2.05, 4.69) is 24.2 Å². The second-order valence-electron chi connectivity index (χ2n) is 4.97. The predicted octanol–water partition coefficient (Wildman–Crippen LogP) is 2.39.